The highest BCUT2D eigenvalue weighted by molar-refractivity contribution is 6.17. The molecule has 0 saturated heterocycles. The van der Waals surface area contributed by atoms with E-state index in [0.717, 1.165) is 0 Å². The standard InChI is InChI=1S/C16H16N6O4/c1-3-26-16(24)21-15(23)20-12(8-17)13-14(18)22(9-19-13)10-4-6-11(25-2)7-5-10/h4-7,9H,3,18H2,1-2H3,(H,21,23,24)/b20-12+. The minimum atomic E-state index is -1.06. The van der Waals surface area contributed by atoms with Crippen molar-refractivity contribution in [3.63, 3.8) is 0 Å². The molecule has 0 atom stereocenters. The molecule has 0 radical (unpaired) electrons. The number of hydrogen-bond acceptors (Lipinski definition) is 7. The van der Waals surface area contributed by atoms with Gasteiger partial charge in [0.25, 0.3) is 0 Å². The first-order chi connectivity index (χ1) is 12.5. The second kappa shape index (κ2) is 8.29. The van der Waals surface area contributed by atoms with Gasteiger partial charge in [-0.3, -0.25) is 4.57 Å². The highest BCUT2D eigenvalue weighted by Crippen LogP contribution is 2.20. The second-order valence-electron chi connectivity index (χ2n) is 4.77. The van der Waals surface area contributed by atoms with Crippen LogP contribution in [0.25, 0.3) is 5.69 Å². The summed E-state index contributed by atoms with van der Waals surface area (Å²) in [4.78, 5) is 30.4. The quantitative estimate of drug-likeness (QED) is 0.792. The first kappa shape index (κ1) is 18.5. The molecule has 2 rings (SSSR count). The number of alkyl carbamates (subject to hydrolysis) is 1. The lowest BCUT2D eigenvalue weighted by atomic mass is 10.2. The molecule has 1 aromatic carbocycles. The Bertz CT molecular complexity index is 879. The third-order valence-electron chi connectivity index (χ3n) is 3.18. The molecule has 26 heavy (non-hydrogen) atoms. The molecule has 10 nitrogen and oxygen atoms in total. The van der Waals surface area contributed by atoms with Gasteiger partial charge in [0.1, 0.15) is 29.7 Å². The summed E-state index contributed by atoms with van der Waals surface area (Å²) in [6.07, 6.45) is 0.429. The first-order valence-electron chi connectivity index (χ1n) is 7.44. The normalized spacial score (nSPS) is 10.7. The third kappa shape index (κ3) is 4.15. The Morgan fingerprint density at radius 2 is 2.08 bits per heavy atom. The van der Waals surface area contributed by atoms with Crippen molar-refractivity contribution < 1.29 is 19.1 Å². The smallest absolute Gasteiger partial charge is 0.415 e. The Balaban J connectivity index is 2.28. The minimum absolute atomic E-state index is 0.0160. The lowest BCUT2D eigenvalue weighted by Gasteiger charge is -2.06. The Morgan fingerprint density at radius 3 is 2.65 bits per heavy atom. The maximum absolute atomic E-state index is 11.7. The Kier molecular flexibility index (Phi) is 5.89. The van der Waals surface area contributed by atoms with Crippen molar-refractivity contribution in [2.45, 2.75) is 6.92 Å². The van der Waals surface area contributed by atoms with Crippen molar-refractivity contribution in [1.29, 1.82) is 5.26 Å². The first-order valence-corrected chi connectivity index (χ1v) is 7.44. The third-order valence-corrected chi connectivity index (χ3v) is 3.18. The molecule has 0 bridgehead atoms. The molecule has 0 aliphatic carbocycles. The number of aromatic nitrogens is 2. The number of imide groups is 1. The number of carbonyl (C=O) groups excluding carboxylic acids is 2. The van der Waals surface area contributed by atoms with E-state index in [2.05, 4.69) is 14.7 Å². The molecule has 3 amide bonds. The van der Waals surface area contributed by atoms with Crippen LogP contribution in [-0.2, 0) is 4.74 Å². The van der Waals surface area contributed by atoms with E-state index in [4.69, 9.17) is 10.5 Å². The molecule has 0 saturated carbocycles. The predicted molar refractivity (Wildman–Crippen MR) is 92.2 cm³/mol. The van der Waals surface area contributed by atoms with Gasteiger partial charge < -0.3 is 15.2 Å². The predicted octanol–water partition coefficient (Wildman–Crippen LogP) is 1.64. The number of ether oxygens (including phenoxy) is 2. The number of methoxy groups -OCH3 is 1. The molecule has 134 valence electrons. The van der Waals surface area contributed by atoms with Gasteiger partial charge in [0, 0.05) is 5.69 Å². The topological polar surface area (TPSA) is 145 Å². The zero-order valence-electron chi connectivity index (χ0n) is 14.1. The van der Waals surface area contributed by atoms with E-state index in [1.165, 1.54) is 10.9 Å². The number of benzene rings is 1. The highest BCUT2D eigenvalue weighted by Gasteiger charge is 2.17. The summed E-state index contributed by atoms with van der Waals surface area (Å²) >= 11 is 0. The summed E-state index contributed by atoms with van der Waals surface area (Å²) in [6.45, 7) is 1.67. The number of anilines is 1. The molecule has 0 unspecified atom stereocenters. The van der Waals surface area contributed by atoms with Crippen molar-refractivity contribution in [3.05, 3.63) is 36.3 Å². The number of rotatable bonds is 4. The molecule has 0 spiro atoms. The van der Waals surface area contributed by atoms with Crippen molar-refractivity contribution in [3.8, 4) is 17.5 Å². The van der Waals surface area contributed by atoms with Crippen molar-refractivity contribution in [1.82, 2.24) is 14.9 Å². The fourth-order valence-corrected chi connectivity index (χ4v) is 2.00. The summed E-state index contributed by atoms with van der Waals surface area (Å²) in [6, 6.07) is 7.65. The number of amides is 3. The lowest BCUT2D eigenvalue weighted by Crippen LogP contribution is -2.29. The molecule has 2 aromatic rings. The summed E-state index contributed by atoms with van der Waals surface area (Å²) < 4.78 is 11.2. The number of nitriles is 1. The van der Waals surface area contributed by atoms with Crippen LogP contribution in [0.2, 0.25) is 0 Å². The molecular weight excluding hydrogens is 340 g/mol. The highest BCUT2D eigenvalue weighted by atomic mass is 16.5. The van der Waals surface area contributed by atoms with E-state index in [1.807, 2.05) is 5.32 Å². The maximum Gasteiger partial charge on any atom is 0.415 e. The zero-order chi connectivity index (χ0) is 19.1. The van der Waals surface area contributed by atoms with Crippen molar-refractivity contribution >= 4 is 23.7 Å². The second-order valence-corrected chi connectivity index (χ2v) is 4.77. The molecule has 0 aliphatic heterocycles. The summed E-state index contributed by atoms with van der Waals surface area (Å²) in [5.41, 5.74) is 6.38. The Hall–Kier alpha value is -3.87. The van der Waals surface area contributed by atoms with Gasteiger partial charge in [0.05, 0.1) is 13.7 Å². The molecular formula is C16H16N6O4. The number of nitrogen functional groups attached to an aromatic ring is 1. The minimum Gasteiger partial charge on any atom is -0.497 e. The number of nitrogens with two attached hydrogens (primary N) is 1. The van der Waals surface area contributed by atoms with Gasteiger partial charge in [0.15, 0.2) is 5.71 Å². The van der Waals surface area contributed by atoms with Crippen LogP contribution in [0.4, 0.5) is 15.4 Å². The van der Waals surface area contributed by atoms with Crippen LogP contribution >= 0.6 is 0 Å². The molecule has 10 heteroatoms. The van der Waals surface area contributed by atoms with Crippen LogP contribution < -0.4 is 15.8 Å². The van der Waals surface area contributed by atoms with E-state index in [1.54, 1.807) is 44.4 Å². The molecule has 0 fully saturated rings. The van der Waals surface area contributed by atoms with Gasteiger partial charge in [-0.2, -0.15) is 10.3 Å². The van der Waals surface area contributed by atoms with Crippen LogP contribution in [-0.4, -0.2) is 41.1 Å². The molecule has 3 N–H and O–H groups in total. The SMILES string of the molecule is CCOC(=O)NC(=O)/N=C(\C#N)c1ncn(-c2ccc(OC)cc2)c1N. The Morgan fingerprint density at radius 1 is 1.38 bits per heavy atom. The van der Waals surface area contributed by atoms with Gasteiger partial charge in [-0.25, -0.2) is 19.9 Å². The largest absolute Gasteiger partial charge is 0.497 e. The summed E-state index contributed by atoms with van der Waals surface area (Å²) in [5.74, 6) is 0.780. The van der Waals surface area contributed by atoms with Crippen molar-refractivity contribution in [2.75, 3.05) is 19.5 Å². The van der Waals surface area contributed by atoms with Crippen LogP contribution in [0, 0.1) is 11.3 Å². The fourth-order valence-electron chi connectivity index (χ4n) is 2.00. The number of carbonyl (C=O) groups is 2. The van der Waals surface area contributed by atoms with Crippen LogP contribution in [0.5, 0.6) is 5.75 Å². The van der Waals surface area contributed by atoms with Gasteiger partial charge in [-0.05, 0) is 31.2 Å². The van der Waals surface area contributed by atoms with E-state index in [9.17, 15) is 14.9 Å². The van der Waals surface area contributed by atoms with Crippen LogP contribution in [0.3, 0.4) is 0 Å². The number of nitrogens with one attached hydrogen (secondary N) is 1. The maximum atomic E-state index is 11.7. The fraction of sp³-hybridized carbons (Fsp3) is 0.188. The van der Waals surface area contributed by atoms with Gasteiger partial charge in [0.2, 0.25) is 0 Å². The van der Waals surface area contributed by atoms with Gasteiger partial charge >= 0.3 is 12.1 Å². The van der Waals surface area contributed by atoms with E-state index in [-0.39, 0.29) is 23.8 Å². The van der Waals surface area contributed by atoms with Crippen LogP contribution in [0.15, 0.2) is 35.6 Å². The molecule has 1 heterocycles. The average Bonchev–Trinajstić information content (AvgIpc) is 3.01. The molecule has 1 aromatic heterocycles. The Labute approximate surface area is 148 Å². The number of nitrogens with zero attached hydrogens (tertiary/aromatic N) is 4. The number of imidazole rings is 1. The lowest BCUT2D eigenvalue weighted by molar-refractivity contribution is 0.153. The zero-order valence-corrected chi connectivity index (χ0v) is 14.1. The van der Waals surface area contributed by atoms with E-state index < -0.39 is 12.1 Å². The summed E-state index contributed by atoms with van der Waals surface area (Å²) in [7, 11) is 1.55. The monoisotopic (exact) mass is 356 g/mol. The van der Waals surface area contributed by atoms with Gasteiger partial charge in [-0.15, -0.1) is 0 Å². The molecule has 0 aliphatic rings. The number of urea groups is 1. The number of hydrogen-bond donors (Lipinski definition) is 2. The van der Waals surface area contributed by atoms with Crippen molar-refractivity contribution in [2.24, 2.45) is 4.99 Å². The average molecular weight is 356 g/mol. The number of aliphatic imine (C=N–C) groups is 1. The van der Waals surface area contributed by atoms with E-state index >= 15 is 0 Å². The summed E-state index contributed by atoms with van der Waals surface area (Å²) in [5, 5.41) is 11.1. The van der Waals surface area contributed by atoms with E-state index in [0.29, 0.717) is 11.4 Å². The van der Waals surface area contributed by atoms with Crippen LogP contribution in [0.1, 0.15) is 12.6 Å². The van der Waals surface area contributed by atoms with Gasteiger partial charge in [-0.1, -0.05) is 0 Å².